The Bertz CT molecular complexity index is 1110. The van der Waals surface area contributed by atoms with Crippen LogP contribution in [0.2, 0.25) is 0 Å². The Kier molecular flexibility index (Phi) is 10.2. The van der Waals surface area contributed by atoms with E-state index in [9.17, 15) is 15.3 Å². The van der Waals surface area contributed by atoms with Crippen molar-refractivity contribution in [1.82, 2.24) is 0 Å². The van der Waals surface area contributed by atoms with Crippen molar-refractivity contribution in [2.75, 3.05) is 0 Å². The largest absolute Gasteiger partial charge is 0.507 e. The molecule has 3 aromatic carbocycles. The molecule has 0 aliphatic carbocycles. The number of benzene rings is 3. The Hall–Kier alpha value is -1.50. The van der Waals surface area contributed by atoms with Gasteiger partial charge in [0.15, 0.2) is 0 Å². The molecule has 0 atom stereocenters. The molecule has 0 fully saturated rings. The molecule has 0 spiro atoms. The third kappa shape index (κ3) is 7.33. The summed E-state index contributed by atoms with van der Waals surface area (Å²) < 4.78 is 2.80. The van der Waals surface area contributed by atoms with E-state index < -0.39 is 0 Å². The van der Waals surface area contributed by atoms with Gasteiger partial charge in [0.2, 0.25) is 0 Å². The molecule has 3 N–H and O–H groups in total. The third-order valence-electron chi connectivity index (χ3n) is 6.94. The topological polar surface area (TPSA) is 60.7 Å². The van der Waals surface area contributed by atoms with E-state index >= 15 is 0 Å². The van der Waals surface area contributed by atoms with Gasteiger partial charge in [-0.15, -0.1) is 0 Å². The number of phenolic OH excluding ortho intramolecular Hbond substituents is 3. The highest BCUT2D eigenvalue weighted by Gasteiger charge is 2.23. The minimum atomic E-state index is 0.0145. The van der Waals surface area contributed by atoms with E-state index in [4.69, 9.17) is 0 Å². The molecule has 0 bridgehead atoms. The zero-order valence-corrected chi connectivity index (χ0v) is 27.1. The number of halogens is 3. The first-order chi connectivity index (χ1) is 17.3. The van der Waals surface area contributed by atoms with Gasteiger partial charge < -0.3 is 15.3 Å². The van der Waals surface area contributed by atoms with E-state index in [1.54, 1.807) is 0 Å². The molecule has 3 nitrogen and oxygen atoms in total. The van der Waals surface area contributed by atoms with Crippen LogP contribution in [0, 0.1) is 5.92 Å². The van der Waals surface area contributed by atoms with Crippen LogP contribution >= 0.6 is 47.8 Å². The lowest BCUT2D eigenvalue weighted by Crippen LogP contribution is -2.14. The highest BCUT2D eigenvalue weighted by Crippen LogP contribution is 2.40. The lowest BCUT2D eigenvalue weighted by Gasteiger charge is -2.23. The van der Waals surface area contributed by atoms with E-state index in [0.717, 1.165) is 46.8 Å². The van der Waals surface area contributed by atoms with E-state index in [-0.39, 0.29) is 23.7 Å². The number of hydrogen-bond acceptors (Lipinski definition) is 3. The van der Waals surface area contributed by atoms with Crippen LogP contribution in [0.5, 0.6) is 17.2 Å². The Morgan fingerprint density at radius 3 is 0.946 bits per heavy atom. The molecular formula is C31H37Br3O3. The fourth-order valence-corrected chi connectivity index (χ4v) is 6.54. The number of phenols is 3. The number of rotatable bonds is 9. The molecular weight excluding hydrogens is 660 g/mol. The maximum atomic E-state index is 11.2. The lowest BCUT2D eigenvalue weighted by atomic mass is 9.84. The van der Waals surface area contributed by atoms with Crippen LogP contribution in [-0.2, 0) is 19.3 Å². The Morgan fingerprint density at radius 1 is 0.486 bits per heavy atom. The molecule has 0 aliphatic rings. The second-order valence-corrected chi connectivity index (χ2v) is 13.7. The summed E-state index contributed by atoms with van der Waals surface area (Å²) in [7, 11) is 0. The molecule has 3 rings (SSSR count). The molecule has 0 aromatic heterocycles. The second-order valence-electron chi connectivity index (χ2n) is 11.0. The van der Waals surface area contributed by atoms with Crippen molar-refractivity contribution in [2.24, 2.45) is 5.92 Å². The Labute approximate surface area is 246 Å². The number of hydrogen-bond donors (Lipinski definition) is 3. The van der Waals surface area contributed by atoms with Gasteiger partial charge in [0, 0.05) is 13.4 Å². The van der Waals surface area contributed by atoms with Crippen molar-refractivity contribution in [3.05, 3.63) is 83.2 Å². The molecule has 37 heavy (non-hydrogen) atoms. The zero-order valence-electron chi connectivity index (χ0n) is 22.4. The van der Waals surface area contributed by atoms with Crippen LogP contribution in [0.1, 0.15) is 92.7 Å². The van der Waals surface area contributed by atoms with Crippen LogP contribution < -0.4 is 0 Å². The fourth-order valence-electron chi connectivity index (χ4n) is 4.97. The van der Waals surface area contributed by atoms with E-state index in [1.807, 2.05) is 36.4 Å². The van der Waals surface area contributed by atoms with Crippen molar-refractivity contribution < 1.29 is 15.3 Å². The third-order valence-corrected chi connectivity index (χ3v) is 8.31. The predicted octanol–water partition coefficient (Wildman–Crippen LogP) is 10.1. The summed E-state index contributed by atoms with van der Waals surface area (Å²) in [4.78, 5) is 0. The number of aromatic hydroxyl groups is 3. The standard InChI is InChI=1S/C31H37Br3O3/c1-16(2)26-13-23(32)10-20(29(26)35)7-19(8-21-11-24(33)14-27(17(3)4)30(21)36)9-22-12-25(34)15-28(18(5)6)31(22)37/h10-19,35-37H,7-9H2,1-6H3. The minimum absolute atomic E-state index is 0.0145. The fraction of sp³-hybridized carbons (Fsp3) is 0.419. The monoisotopic (exact) mass is 694 g/mol. The minimum Gasteiger partial charge on any atom is -0.507 e. The van der Waals surface area contributed by atoms with Crippen LogP contribution in [0.25, 0.3) is 0 Å². The summed E-state index contributed by atoms with van der Waals surface area (Å²) >= 11 is 10.9. The maximum absolute atomic E-state index is 11.2. The molecule has 200 valence electrons. The average molecular weight is 697 g/mol. The van der Waals surface area contributed by atoms with Gasteiger partial charge in [0.05, 0.1) is 0 Å². The van der Waals surface area contributed by atoms with Crippen molar-refractivity contribution in [3.63, 3.8) is 0 Å². The summed E-state index contributed by atoms with van der Waals surface area (Å²) in [5.41, 5.74) is 5.30. The lowest BCUT2D eigenvalue weighted by molar-refractivity contribution is 0.422. The van der Waals surface area contributed by atoms with Crippen LogP contribution in [0.4, 0.5) is 0 Å². The molecule has 0 radical (unpaired) electrons. The van der Waals surface area contributed by atoms with E-state index in [1.165, 1.54) is 0 Å². The molecule has 0 saturated carbocycles. The Balaban J connectivity index is 2.11. The summed E-state index contributed by atoms with van der Waals surface area (Å²) in [5, 5.41) is 33.5. The molecule has 3 aromatic rings. The molecule has 0 unspecified atom stereocenters. The second kappa shape index (κ2) is 12.6. The van der Waals surface area contributed by atoms with Gasteiger partial charge in [-0.25, -0.2) is 0 Å². The van der Waals surface area contributed by atoms with Gasteiger partial charge in [-0.3, -0.25) is 0 Å². The molecule has 0 aliphatic heterocycles. The smallest absolute Gasteiger partial charge is 0.122 e. The van der Waals surface area contributed by atoms with Crippen LogP contribution in [-0.4, -0.2) is 15.3 Å². The Morgan fingerprint density at radius 2 is 0.730 bits per heavy atom. The molecule has 6 heteroatoms. The van der Waals surface area contributed by atoms with Crippen LogP contribution in [0.3, 0.4) is 0 Å². The SMILES string of the molecule is CC(C)c1cc(Br)cc(CC(Cc2cc(Br)cc(C(C)C)c2O)Cc2cc(Br)cc(C(C)C)c2O)c1O. The summed E-state index contributed by atoms with van der Waals surface area (Å²) in [6.45, 7) is 12.4. The van der Waals surface area contributed by atoms with Crippen LogP contribution in [0.15, 0.2) is 49.8 Å². The molecule has 0 amide bonds. The molecule has 0 heterocycles. The van der Waals surface area contributed by atoms with Gasteiger partial charge in [-0.2, -0.15) is 0 Å². The van der Waals surface area contributed by atoms with E-state index in [2.05, 4.69) is 89.3 Å². The predicted molar refractivity (Wildman–Crippen MR) is 164 cm³/mol. The van der Waals surface area contributed by atoms with Crippen molar-refractivity contribution in [1.29, 1.82) is 0 Å². The summed E-state index contributed by atoms with van der Waals surface area (Å²) in [5.74, 6) is 1.53. The van der Waals surface area contributed by atoms with Gasteiger partial charge in [0.25, 0.3) is 0 Å². The van der Waals surface area contributed by atoms with E-state index in [0.29, 0.717) is 36.5 Å². The van der Waals surface area contributed by atoms with Gasteiger partial charge >= 0.3 is 0 Å². The normalized spacial score (nSPS) is 11.9. The highest BCUT2D eigenvalue weighted by atomic mass is 79.9. The quantitative estimate of drug-likeness (QED) is 0.209. The first-order valence-corrected chi connectivity index (χ1v) is 15.2. The molecule has 0 saturated heterocycles. The van der Waals surface area contributed by atoms with Crippen molar-refractivity contribution >= 4 is 47.8 Å². The van der Waals surface area contributed by atoms with Gasteiger partial charge in [0.1, 0.15) is 17.2 Å². The average Bonchev–Trinajstić information content (AvgIpc) is 2.79. The van der Waals surface area contributed by atoms with Gasteiger partial charge in [-0.05, 0) is 113 Å². The highest BCUT2D eigenvalue weighted by molar-refractivity contribution is 9.11. The summed E-state index contributed by atoms with van der Waals surface area (Å²) in [6, 6.07) is 11.9. The first-order valence-electron chi connectivity index (χ1n) is 12.8. The van der Waals surface area contributed by atoms with Crippen molar-refractivity contribution in [2.45, 2.75) is 78.6 Å². The zero-order chi connectivity index (χ0) is 27.6. The summed E-state index contributed by atoms with van der Waals surface area (Å²) in [6.07, 6.45) is 1.78. The van der Waals surface area contributed by atoms with Crippen molar-refractivity contribution in [3.8, 4) is 17.2 Å². The first kappa shape index (κ1) is 30.0. The van der Waals surface area contributed by atoms with Gasteiger partial charge in [-0.1, -0.05) is 89.3 Å². The maximum Gasteiger partial charge on any atom is 0.122 e.